The van der Waals surface area contributed by atoms with Crippen molar-refractivity contribution >= 4 is 40.5 Å². The zero-order valence-corrected chi connectivity index (χ0v) is 13.9. The van der Waals surface area contributed by atoms with Crippen LogP contribution in [0.2, 0.25) is 0 Å². The summed E-state index contributed by atoms with van der Waals surface area (Å²) in [6.07, 6.45) is 0.936. The molecule has 3 rings (SSSR count). The van der Waals surface area contributed by atoms with Crippen molar-refractivity contribution in [1.82, 2.24) is 0 Å². The van der Waals surface area contributed by atoms with E-state index in [1.807, 2.05) is 12.1 Å². The molecular formula is C14H11Cl3Ge. The van der Waals surface area contributed by atoms with Gasteiger partial charge in [-0.2, -0.15) is 0 Å². The minimum absolute atomic E-state index is 0.00356. The Balaban J connectivity index is 2.24. The zero-order chi connectivity index (χ0) is 12.8. The van der Waals surface area contributed by atoms with Crippen molar-refractivity contribution < 1.29 is 0 Å². The van der Waals surface area contributed by atoms with Gasteiger partial charge in [-0.1, -0.05) is 0 Å². The fraction of sp³-hybridized carbons (Fsp3) is 0.143. The maximum absolute atomic E-state index is 6.39. The molecule has 0 saturated heterocycles. The molecule has 0 nitrogen and oxygen atoms in total. The summed E-state index contributed by atoms with van der Waals surface area (Å²) in [5, 5.41) is 0. The van der Waals surface area contributed by atoms with E-state index >= 15 is 0 Å². The van der Waals surface area contributed by atoms with Gasteiger partial charge >= 0.3 is 122 Å². The molecule has 18 heavy (non-hydrogen) atoms. The second kappa shape index (κ2) is 4.75. The van der Waals surface area contributed by atoms with Gasteiger partial charge in [0.15, 0.2) is 0 Å². The van der Waals surface area contributed by atoms with E-state index in [1.165, 1.54) is 22.3 Å². The van der Waals surface area contributed by atoms with Crippen molar-refractivity contribution in [2.45, 2.75) is 11.2 Å². The Morgan fingerprint density at radius 3 is 1.67 bits per heavy atom. The fourth-order valence-corrected chi connectivity index (χ4v) is 9.01. The fourth-order valence-electron chi connectivity index (χ4n) is 2.68. The molecule has 92 valence electrons. The first kappa shape index (κ1) is 12.9. The minimum atomic E-state index is -3.37. The third-order valence-electron chi connectivity index (χ3n) is 3.44. The molecule has 0 radical (unpaired) electrons. The molecule has 0 aromatic heterocycles. The molecule has 0 atom stereocenters. The molecular weight excluding hydrogens is 347 g/mol. The maximum atomic E-state index is 6.39. The van der Waals surface area contributed by atoms with Crippen LogP contribution in [0.3, 0.4) is 0 Å². The normalized spacial score (nSPS) is 15.1. The Morgan fingerprint density at radius 1 is 0.778 bits per heavy atom. The second-order valence-corrected chi connectivity index (χ2v) is 20.3. The molecule has 0 bridgehead atoms. The molecule has 4 heteroatoms. The predicted molar refractivity (Wildman–Crippen MR) is 80.8 cm³/mol. The number of hydrogen-bond acceptors (Lipinski definition) is 0. The van der Waals surface area contributed by atoms with Gasteiger partial charge in [-0.05, 0) is 0 Å². The Labute approximate surface area is 122 Å². The van der Waals surface area contributed by atoms with Gasteiger partial charge in [0.2, 0.25) is 0 Å². The third kappa shape index (κ3) is 2.20. The van der Waals surface area contributed by atoms with Crippen molar-refractivity contribution in [2.75, 3.05) is 0 Å². The van der Waals surface area contributed by atoms with Crippen LogP contribution in [0.4, 0.5) is 0 Å². The number of rotatable bonds is 1. The van der Waals surface area contributed by atoms with Crippen molar-refractivity contribution in [3.05, 3.63) is 70.8 Å². The van der Waals surface area contributed by atoms with Gasteiger partial charge in [-0.15, -0.1) is 0 Å². The SMILES string of the molecule is [Cl][Ge]([Cl])([Cl])[CH]1c2ccccc2Cc2ccccc21. The number of benzene rings is 2. The van der Waals surface area contributed by atoms with Crippen LogP contribution in [-0.4, -0.2) is 10.5 Å². The Bertz CT molecular complexity index is 544. The molecule has 0 unspecified atom stereocenters. The molecule has 1 aliphatic carbocycles. The van der Waals surface area contributed by atoms with E-state index < -0.39 is 10.5 Å². The molecule has 2 aromatic rings. The van der Waals surface area contributed by atoms with Crippen molar-refractivity contribution in [2.24, 2.45) is 0 Å². The molecule has 0 N–H and O–H groups in total. The Morgan fingerprint density at radius 2 is 1.22 bits per heavy atom. The van der Waals surface area contributed by atoms with E-state index in [4.69, 9.17) is 30.0 Å². The monoisotopic (exact) mass is 358 g/mol. The average molecular weight is 358 g/mol. The second-order valence-electron chi connectivity index (χ2n) is 4.55. The summed E-state index contributed by atoms with van der Waals surface area (Å²) < 4.78 is -0.00356. The summed E-state index contributed by atoms with van der Waals surface area (Å²) in [4.78, 5) is 0. The summed E-state index contributed by atoms with van der Waals surface area (Å²) in [6, 6.07) is 16.6. The average Bonchev–Trinajstić information content (AvgIpc) is 2.34. The van der Waals surface area contributed by atoms with Gasteiger partial charge in [0.25, 0.3) is 0 Å². The summed E-state index contributed by atoms with van der Waals surface area (Å²) in [6.45, 7) is 0. The van der Waals surface area contributed by atoms with Crippen LogP contribution in [0.1, 0.15) is 27.0 Å². The zero-order valence-electron chi connectivity index (χ0n) is 9.54. The van der Waals surface area contributed by atoms with E-state index in [0.29, 0.717) is 0 Å². The van der Waals surface area contributed by atoms with E-state index in [2.05, 4.69) is 36.4 Å². The number of fused-ring (bicyclic) bond motifs is 2. The van der Waals surface area contributed by atoms with E-state index in [-0.39, 0.29) is 4.75 Å². The standard InChI is InChI=1S/C14H11Cl3Ge/c15-18(16,17)14-12-7-3-1-5-10(12)9-11-6-2-4-8-13(11)14/h1-8,14H,9H2. The molecule has 1 aliphatic rings. The van der Waals surface area contributed by atoms with E-state index in [9.17, 15) is 0 Å². The number of halogens is 3. The topological polar surface area (TPSA) is 0 Å². The number of hydrogen-bond donors (Lipinski definition) is 0. The quantitative estimate of drug-likeness (QED) is 0.635. The first-order valence-electron chi connectivity index (χ1n) is 5.79. The molecule has 0 saturated carbocycles. The molecule has 0 heterocycles. The van der Waals surface area contributed by atoms with E-state index in [1.54, 1.807) is 0 Å². The molecule has 0 aliphatic heterocycles. The van der Waals surface area contributed by atoms with Gasteiger partial charge in [-0.25, -0.2) is 0 Å². The molecule has 2 aromatic carbocycles. The van der Waals surface area contributed by atoms with Crippen LogP contribution < -0.4 is 0 Å². The van der Waals surface area contributed by atoms with Gasteiger partial charge in [0.05, 0.1) is 0 Å². The van der Waals surface area contributed by atoms with E-state index in [0.717, 1.165) is 6.42 Å². The van der Waals surface area contributed by atoms with Gasteiger partial charge in [0.1, 0.15) is 0 Å². The molecule has 0 amide bonds. The van der Waals surface area contributed by atoms with Gasteiger partial charge in [-0.3, -0.25) is 0 Å². The van der Waals surface area contributed by atoms with Crippen LogP contribution in [0.15, 0.2) is 48.5 Å². The summed E-state index contributed by atoms with van der Waals surface area (Å²) >= 11 is 0. The first-order chi connectivity index (χ1) is 8.57. The third-order valence-corrected chi connectivity index (χ3v) is 9.52. The predicted octanol–water partition coefficient (Wildman–Crippen LogP) is 4.92. The van der Waals surface area contributed by atoms with Gasteiger partial charge in [0, 0.05) is 0 Å². The van der Waals surface area contributed by atoms with Crippen LogP contribution in [-0.2, 0) is 6.42 Å². The molecule has 0 fully saturated rings. The van der Waals surface area contributed by atoms with Crippen molar-refractivity contribution in [3.8, 4) is 0 Å². The van der Waals surface area contributed by atoms with Crippen LogP contribution >= 0.6 is 30.0 Å². The molecule has 0 spiro atoms. The van der Waals surface area contributed by atoms with Crippen molar-refractivity contribution in [1.29, 1.82) is 0 Å². The summed E-state index contributed by atoms with van der Waals surface area (Å²) in [7, 11) is 15.8. The summed E-state index contributed by atoms with van der Waals surface area (Å²) in [5.41, 5.74) is 4.99. The summed E-state index contributed by atoms with van der Waals surface area (Å²) in [5.74, 6) is 0. The van der Waals surface area contributed by atoms with Gasteiger partial charge < -0.3 is 0 Å². The Hall–Kier alpha value is -0.147. The van der Waals surface area contributed by atoms with Crippen molar-refractivity contribution in [3.63, 3.8) is 0 Å². The Kier molecular flexibility index (Phi) is 3.40. The van der Waals surface area contributed by atoms with Crippen LogP contribution in [0.25, 0.3) is 0 Å². The van der Waals surface area contributed by atoms with Crippen LogP contribution in [0, 0.1) is 0 Å². The van der Waals surface area contributed by atoms with Crippen LogP contribution in [0.5, 0.6) is 0 Å². The first-order valence-corrected chi connectivity index (χ1v) is 15.3.